The largest absolute Gasteiger partial charge is 0.422 e. The summed E-state index contributed by atoms with van der Waals surface area (Å²) in [5, 5.41) is 0.526. The Morgan fingerprint density at radius 3 is 2.29 bits per heavy atom. The van der Waals surface area contributed by atoms with Gasteiger partial charge in [-0.25, -0.2) is 14.8 Å². The molecule has 0 saturated carbocycles. The van der Waals surface area contributed by atoms with Crippen LogP contribution in [0.5, 0.6) is 5.75 Å². The molecule has 0 saturated heterocycles. The van der Waals surface area contributed by atoms with Crippen molar-refractivity contribution in [3.63, 3.8) is 0 Å². The fourth-order valence-electron chi connectivity index (χ4n) is 1.97. The Hall–Kier alpha value is -2.63. The van der Waals surface area contributed by atoms with Crippen molar-refractivity contribution in [3.05, 3.63) is 70.3 Å². The average molecular weight is 360 g/mol. The topological polar surface area (TPSA) is 78.1 Å². The van der Waals surface area contributed by atoms with Crippen LogP contribution in [0.3, 0.4) is 0 Å². The van der Waals surface area contributed by atoms with E-state index in [0.717, 1.165) is 0 Å². The lowest BCUT2D eigenvalue weighted by Crippen LogP contribution is -2.14. The van der Waals surface area contributed by atoms with Crippen LogP contribution in [-0.2, 0) is 0 Å². The molecule has 0 aliphatic carbocycles. The molecule has 3 aromatic rings. The SMILES string of the molecule is Nc1nc(-c2ccc(Cl)cc2)nc(C(=O)Oc2ccccc2)c1Cl. The number of esters is 1. The first kappa shape index (κ1) is 16.2. The van der Waals surface area contributed by atoms with Crippen molar-refractivity contribution in [2.75, 3.05) is 5.73 Å². The van der Waals surface area contributed by atoms with Crippen LogP contribution >= 0.6 is 23.2 Å². The first-order chi connectivity index (χ1) is 11.5. The van der Waals surface area contributed by atoms with Gasteiger partial charge >= 0.3 is 5.97 Å². The van der Waals surface area contributed by atoms with E-state index < -0.39 is 5.97 Å². The molecule has 1 aromatic heterocycles. The van der Waals surface area contributed by atoms with E-state index >= 15 is 0 Å². The number of halogens is 2. The number of ether oxygens (including phenoxy) is 1. The van der Waals surface area contributed by atoms with Crippen molar-refractivity contribution < 1.29 is 9.53 Å². The minimum Gasteiger partial charge on any atom is -0.422 e. The highest BCUT2D eigenvalue weighted by Crippen LogP contribution is 2.26. The van der Waals surface area contributed by atoms with E-state index in [0.29, 0.717) is 16.3 Å². The summed E-state index contributed by atoms with van der Waals surface area (Å²) in [5.74, 6) is -0.0792. The molecule has 0 bridgehead atoms. The van der Waals surface area contributed by atoms with Gasteiger partial charge in [-0.2, -0.15) is 0 Å². The Morgan fingerprint density at radius 2 is 1.62 bits per heavy atom. The van der Waals surface area contributed by atoms with Gasteiger partial charge in [0.2, 0.25) is 0 Å². The third-order valence-corrected chi connectivity index (χ3v) is 3.75. The van der Waals surface area contributed by atoms with Crippen LogP contribution in [0.4, 0.5) is 5.82 Å². The quantitative estimate of drug-likeness (QED) is 0.558. The predicted octanol–water partition coefficient (Wildman–Crippen LogP) is 4.25. The smallest absolute Gasteiger partial charge is 0.364 e. The number of benzene rings is 2. The van der Waals surface area contributed by atoms with Gasteiger partial charge in [0.25, 0.3) is 0 Å². The van der Waals surface area contributed by atoms with Crippen LogP contribution < -0.4 is 10.5 Å². The third kappa shape index (κ3) is 3.48. The maximum absolute atomic E-state index is 12.4. The highest BCUT2D eigenvalue weighted by molar-refractivity contribution is 6.35. The lowest BCUT2D eigenvalue weighted by molar-refractivity contribution is 0.0729. The number of nitrogens with zero attached hydrogens (tertiary/aromatic N) is 2. The third-order valence-electron chi connectivity index (χ3n) is 3.13. The average Bonchev–Trinajstić information content (AvgIpc) is 2.58. The van der Waals surface area contributed by atoms with Crippen LogP contribution in [0.2, 0.25) is 10.0 Å². The number of nitrogens with two attached hydrogens (primary N) is 1. The highest BCUT2D eigenvalue weighted by Gasteiger charge is 2.20. The number of hydrogen-bond acceptors (Lipinski definition) is 5. The molecule has 120 valence electrons. The van der Waals surface area contributed by atoms with E-state index in [1.165, 1.54) is 0 Å². The molecule has 0 amide bonds. The van der Waals surface area contributed by atoms with Crippen molar-refractivity contribution >= 4 is 35.0 Å². The van der Waals surface area contributed by atoms with Crippen LogP contribution in [-0.4, -0.2) is 15.9 Å². The van der Waals surface area contributed by atoms with E-state index in [9.17, 15) is 4.79 Å². The van der Waals surface area contributed by atoms with Gasteiger partial charge in [-0.05, 0) is 36.4 Å². The fraction of sp³-hybridized carbons (Fsp3) is 0. The van der Waals surface area contributed by atoms with Gasteiger partial charge in [0.05, 0.1) is 0 Å². The van der Waals surface area contributed by atoms with Gasteiger partial charge in [0.1, 0.15) is 16.6 Å². The second-order valence-corrected chi connectivity index (χ2v) is 5.62. The molecule has 0 fully saturated rings. The van der Waals surface area contributed by atoms with Crippen LogP contribution in [0.15, 0.2) is 54.6 Å². The van der Waals surface area contributed by atoms with Gasteiger partial charge in [-0.1, -0.05) is 41.4 Å². The summed E-state index contributed by atoms with van der Waals surface area (Å²) in [7, 11) is 0. The zero-order valence-electron chi connectivity index (χ0n) is 12.2. The lowest BCUT2D eigenvalue weighted by Gasteiger charge is -2.09. The number of rotatable bonds is 3. The molecule has 24 heavy (non-hydrogen) atoms. The van der Waals surface area contributed by atoms with E-state index in [2.05, 4.69) is 9.97 Å². The molecule has 7 heteroatoms. The second kappa shape index (κ2) is 6.86. The number of anilines is 1. The van der Waals surface area contributed by atoms with Crippen LogP contribution in [0.1, 0.15) is 10.5 Å². The van der Waals surface area contributed by atoms with E-state index in [4.69, 9.17) is 33.7 Å². The monoisotopic (exact) mass is 359 g/mol. The molecule has 3 rings (SSSR count). The van der Waals surface area contributed by atoms with Gasteiger partial charge in [-0.3, -0.25) is 0 Å². The van der Waals surface area contributed by atoms with Crippen molar-refractivity contribution in [2.45, 2.75) is 0 Å². The van der Waals surface area contributed by atoms with E-state index in [1.54, 1.807) is 48.5 Å². The zero-order chi connectivity index (χ0) is 17.1. The van der Waals surface area contributed by atoms with E-state index in [1.807, 2.05) is 6.07 Å². The summed E-state index contributed by atoms with van der Waals surface area (Å²) in [6.07, 6.45) is 0. The van der Waals surface area contributed by atoms with Crippen LogP contribution in [0.25, 0.3) is 11.4 Å². The fourth-order valence-corrected chi connectivity index (χ4v) is 2.26. The zero-order valence-corrected chi connectivity index (χ0v) is 13.8. The first-order valence-electron chi connectivity index (χ1n) is 6.91. The Morgan fingerprint density at radius 1 is 0.958 bits per heavy atom. The molecule has 2 aromatic carbocycles. The van der Waals surface area contributed by atoms with E-state index in [-0.39, 0.29) is 22.4 Å². The van der Waals surface area contributed by atoms with Gasteiger partial charge in [-0.15, -0.1) is 0 Å². The van der Waals surface area contributed by atoms with Crippen molar-refractivity contribution in [3.8, 4) is 17.1 Å². The summed E-state index contributed by atoms with van der Waals surface area (Å²) >= 11 is 11.9. The number of nitrogen functional groups attached to an aromatic ring is 1. The molecular formula is C17H11Cl2N3O2. The number of carbonyl (C=O) groups is 1. The van der Waals surface area contributed by atoms with Crippen molar-refractivity contribution in [2.24, 2.45) is 0 Å². The minimum atomic E-state index is -0.712. The Kier molecular flexibility index (Phi) is 4.64. The molecule has 0 radical (unpaired) electrons. The molecule has 5 nitrogen and oxygen atoms in total. The predicted molar refractivity (Wildman–Crippen MR) is 93.3 cm³/mol. The minimum absolute atomic E-state index is 0.00312. The van der Waals surface area contributed by atoms with Crippen LogP contribution in [0, 0.1) is 0 Å². The summed E-state index contributed by atoms with van der Waals surface area (Å²) in [6, 6.07) is 15.4. The highest BCUT2D eigenvalue weighted by atomic mass is 35.5. The molecule has 0 aliphatic rings. The second-order valence-electron chi connectivity index (χ2n) is 4.80. The van der Waals surface area contributed by atoms with Crippen molar-refractivity contribution in [1.82, 2.24) is 9.97 Å². The van der Waals surface area contributed by atoms with Gasteiger partial charge in [0, 0.05) is 10.6 Å². The maximum Gasteiger partial charge on any atom is 0.364 e. The lowest BCUT2D eigenvalue weighted by atomic mass is 10.2. The van der Waals surface area contributed by atoms with Crippen molar-refractivity contribution in [1.29, 1.82) is 0 Å². The Balaban J connectivity index is 1.98. The number of para-hydroxylation sites is 1. The van der Waals surface area contributed by atoms with Gasteiger partial charge in [0.15, 0.2) is 11.5 Å². The molecular weight excluding hydrogens is 349 g/mol. The maximum atomic E-state index is 12.4. The summed E-state index contributed by atoms with van der Waals surface area (Å²) < 4.78 is 5.26. The summed E-state index contributed by atoms with van der Waals surface area (Å²) in [5.41, 5.74) is 6.35. The molecule has 2 N–H and O–H groups in total. The molecule has 0 atom stereocenters. The number of carbonyl (C=O) groups excluding carboxylic acids is 1. The molecule has 0 unspecified atom stereocenters. The normalized spacial score (nSPS) is 10.4. The first-order valence-corrected chi connectivity index (χ1v) is 7.66. The molecule has 1 heterocycles. The number of hydrogen-bond donors (Lipinski definition) is 1. The Labute approximate surface area is 148 Å². The molecule has 0 spiro atoms. The Bertz CT molecular complexity index is 884. The summed E-state index contributed by atoms with van der Waals surface area (Å²) in [6.45, 7) is 0. The number of aromatic nitrogens is 2. The summed E-state index contributed by atoms with van der Waals surface area (Å²) in [4.78, 5) is 20.6. The standard InChI is InChI=1S/C17H11Cl2N3O2/c18-11-8-6-10(7-9-11)16-21-14(13(19)15(20)22-16)17(23)24-12-4-2-1-3-5-12/h1-9H,(H2,20,21,22). The van der Waals surface area contributed by atoms with Gasteiger partial charge < -0.3 is 10.5 Å². The molecule has 0 aliphatic heterocycles.